The van der Waals surface area contributed by atoms with E-state index in [1.165, 1.54) is 0 Å². The minimum absolute atomic E-state index is 0.761. The maximum atomic E-state index is 6.01. The van der Waals surface area contributed by atoms with Crippen molar-refractivity contribution in [1.29, 1.82) is 0 Å². The zero-order valence-corrected chi connectivity index (χ0v) is 8.35. The number of benzene rings is 1. The maximum Gasteiger partial charge on any atom is 0.0693 e. The monoisotopic (exact) mass is 207 g/mol. The number of hydrogen-bond acceptors (Lipinski definition) is 2. The lowest BCUT2D eigenvalue weighted by molar-refractivity contribution is 0.537. The van der Waals surface area contributed by atoms with Crippen LogP contribution in [0.5, 0.6) is 0 Å². The Morgan fingerprint density at radius 2 is 1.86 bits per heavy atom. The summed E-state index contributed by atoms with van der Waals surface area (Å²) in [6, 6.07) is 7.83. The van der Waals surface area contributed by atoms with E-state index in [9.17, 15) is 0 Å². The predicted octanol–water partition coefficient (Wildman–Crippen LogP) is 2.17. The van der Waals surface area contributed by atoms with Crippen molar-refractivity contribution in [2.45, 2.75) is 13.0 Å². The van der Waals surface area contributed by atoms with Crippen molar-refractivity contribution in [3.05, 3.63) is 47.2 Å². The van der Waals surface area contributed by atoms with Crippen LogP contribution < -0.4 is 0 Å². The Labute approximate surface area is 87.3 Å². The summed E-state index contributed by atoms with van der Waals surface area (Å²) in [7, 11) is 0. The summed E-state index contributed by atoms with van der Waals surface area (Å²) < 4.78 is 0. The van der Waals surface area contributed by atoms with Crippen LogP contribution in [-0.4, -0.2) is 15.0 Å². The topological polar surface area (TPSA) is 30.7 Å². The van der Waals surface area contributed by atoms with Crippen molar-refractivity contribution >= 4 is 11.6 Å². The molecule has 0 atom stereocenters. The number of rotatable bonds is 3. The lowest BCUT2D eigenvalue weighted by atomic mass is 10.1. The molecule has 1 aromatic heterocycles. The van der Waals surface area contributed by atoms with Gasteiger partial charge in [-0.05, 0) is 18.1 Å². The Balaban J connectivity index is 2.02. The van der Waals surface area contributed by atoms with Gasteiger partial charge in [0, 0.05) is 5.02 Å². The van der Waals surface area contributed by atoms with Gasteiger partial charge in [-0.2, -0.15) is 15.0 Å². The Kier molecular flexibility index (Phi) is 2.79. The minimum atomic E-state index is 0.761. The van der Waals surface area contributed by atoms with E-state index in [1.807, 2.05) is 24.3 Å². The molecule has 0 aliphatic rings. The fraction of sp³-hybridized carbons (Fsp3) is 0.200. The molecule has 0 amide bonds. The van der Waals surface area contributed by atoms with E-state index in [0.29, 0.717) is 0 Å². The van der Waals surface area contributed by atoms with Crippen LogP contribution in [0, 0.1) is 0 Å². The third kappa shape index (κ3) is 2.12. The number of aromatic nitrogens is 3. The predicted molar refractivity (Wildman–Crippen MR) is 55.2 cm³/mol. The van der Waals surface area contributed by atoms with Crippen molar-refractivity contribution in [1.82, 2.24) is 15.0 Å². The first-order valence-corrected chi connectivity index (χ1v) is 4.81. The molecule has 0 N–H and O–H groups in total. The SMILES string of the molecule is Clc1ccccc1CCn1nccn1. The molecule has 72 valence electrons. The van der Waals surface area contributed by atoms with E-state index in [-0.39, 0.29) is 0 Å². The molecule has 0 radical (unpaired) electrons. The summed E-state index contributed by atoms with van der Waals surface area (Å²) in [5, 5.41) is 8.85. The van der Waals surface area contributed by atoms with Gasteiger partial charge in [0.1, 0.15) is 0 Å². The average Bonchev–Trinajstić information content (AvgIpc) is 2.69. The fourth-order valence-electron chi connectivity index (χ4n) is 1.28. The summed E-state index contributed by atoms with van der Waals surface area (Å²) >= 11 is 6.01. The highest BCUT2D eigenvalue weighted by atomic mass is 35.5. The number of aryl methyl sites for hydroxylation is 2. The molecule has 1 aromatic carbocycles. The van der Waals surface area contributed by atoms with Crippen molar-refractivity contribution in [2.75, 3.05) is 0 Å². The second-order valence-electron chi connectivity index (χ2n) is 2.97. The maximum absolute atomic E-state index is 6.01. The summed E-state index contributed by atoms with van der Waals surface area (Å²) in [5.74, 6) is 0. The second kappa shape index (κ2) is 4.24. The van der Waals surface area contributed by atoms with Gasteiger partial charge in [0.2, 0.25) is 0 Å². The molecule has 0 unspecified atom stereocenters. The second-order valence-corrected chi connectivity index (χ2v) is 3.37. The van der Waals surface area contributed by atoms with Crippen molar-refractivity contribution < 1.29 is 0 Å². The first-order valence-electron chi connectivity index (χ1n) is 4.44. The molecule has 4 heteroatoms. The molecule has 0 saturated carbocycles. The van der Waals surface area contributed by atoms with Crippen molar-refractivity contribution in [2.24, 2.45) is 0 Å². The molecule has 2 aromatic rings. The van der Waals surface area contributed by atoms with Crippen molar-refractivity contribution in [3.63, 3.8) is 0 Å². The largest absolute Gasteiger partial charge is 0.185 e. The first-order chi connectivity index (χ1) is 6.86. The number of hydrogen-bond donors (Lipinski definition) is 0. The van der Waals surface area contributed by atoms with Gasteiger partial charge in [0.25, 0.3) is 0 Å². The average molecular weight is 208 g/mol. The first kappa shape index (κ1) is 9.21. The highest BCUT2D eigenvalue weighted by molar-refractivity contribution is 6.31. The summed E-state index contributed by atoms with van der Waals surface area (Å²) in [6.07, 6.45) is 4.20. The molecule has 3 nitrogen and oxygen atoms in total. The molecule has 0 bridgehead atoms. The molecule has 0 saturated heterocycles. The fourth-order valence-corrected chi connectivity index (χ4v) is 1.51. The lowest BCUT2D eigenvalue weighted by Gasteiger charge is -2.02. The quantitative estimate of drug-likeness (QED) is 0.773. The van der Waals surface area contributed by atoms with Crippen LogP contribution in [0.1, 0.15) is 5.56 Å². The van der Waals surface area contributed by atoms with E-state index >= 15 is 0 Å². The Bertz CT molecular complexity index is 398. The summed E-state index contributed by atoms with van der Waals surface area (Å²) in [6.45, 7) is 0.761. The van der Waals surface area contributed by atoms with Gasteiger partial charge in [-0.25, -0.2) is 0 Å². The Hall–Kier alpha value is -1.35. The molecule has 0 aliphatic carbocycles. The molecule has 1 heterocycles. The Morgan fingerprint density at radius 3 is 2.57 bits per heavy atom. The van der Waals surface area contributed by atoms with E-state index in [4.69, 9.17) is 11.6 Å². The summed E-state index contributed by atoms with van der Waals surface area (Å²) in [4.78, 5) is 1.66. The summed E-state index contributed by atoms with van der Waals surface area (Å²) in [5.41, 5.74) is 1.13. The highest BCUT2D eigenvalue weighted by Gasteiger charge is 1.99. The third-order valence-corrected chi connectivity index (χ3v) is 2.37. The van der Waals surface area contributed by atoms with E-state index < -0.39 is 0 Å². The van der Waals surface area contributed by atoms with Crippen molar-refractivity contribution in [3.8, 4) is 0 Å². The standard InChI is InChI=1S/C10H10ClN3/c11-10-4-2-1-3-9(10)5-8-14-12-6-7-13-14/h1-4,6-7H,5,8H2. The zero-order chi connectivity index (χ0) is 9.80. The van der Waals surface area contributed by atoms with Crippen LogP contribution in [0.4, 0.5) is 0 Å². The molecule has 0 fully saturated rings. The van der Waals surface area contributed by atoms with E-state index in [0.717, 1.165) is 23.6 Å². The zero-order valence-electron chi connectivity index (χ0n) is 7.60. The Morgan fingerprint density at radius 1 is 1.14 bits per heavy atom. The minimum Gasteiger partial charge on any atom is -0.185 e. The molecule has 14 heavy (non-hydrogen) atoms. The van der Waals surface area contributed by atoms with Crippen LogP contribution in [-0.2, 0) is 13.0 Å². The molecular formula is C10H10ClN3. The molecule has 0 spiro atoms. The lowest BCUT2D eigenvalue weighted by Crippen LogP contribution is -2.04. The molecular weight excluding hydrogens is 198 g/mol. The van der Waals surface area contributed by atoms with Crippen LogP contribution in [0.3, 0.4) is 0 Å². The van der Waals surface area contributed by atoms with Crippen LogP contribution in [0.25, 0.3) is 0 Å². The highest BCUT2D eigenvalue weighted by Crippen LogP contribution is 2.15. The van der Waals surface area contributed by atoms with E-state index in [2.05, 4.69) is 10.2 Å². The van der Waals surface area contributed by atoms with Gasteiger partial charge in [0.15, 0.2) is 0 Å². The van der Waals surface area contributed by atoms with Gasteiger partial charge in [-0.3, -0.25) is 0 Å². The van der Waals surface area contributed by atoms with Crippen LogP contribution >= 0.6 is 11.6 Å². The van der Waals surface area contributed by atoms with Crippen LogP contribution in [0.2, 0.25) is 5.02 Å². The normalized spacial score (nSPS) is 10.4. The van der Waals surface area contributed by atoms with Gasteiger partial charge < -0.3 is 0 Å². The molecule has 0 aliphatic heterocycles. The third-order valence-electron chi connectivity index (χ3n) is 2.01. The van der Waals surface area contributed by atoms with Gasteiger partial charge in [-0.1, -0.05) is 29.8 Å². The van der Waals surface area contributed by atoms with Gasteiger partial charge >= 0.3 is 0 Å². The van der Waals surface area contributed by atoms with Crippen LogP contribution in [0.15, 0.2) is 36.7 Å². The molecule has 2 rings (SSSR count). The number of nitrogens with zero attached hydrogens (tertiary/aromatic N) is 3. The van der Waals surface area contributed by atoms with E-state index in [1.54, 1.807) is 17.2 Å². The number of halogens is 1. The van der Waals surface area contributed by atoms with Gasteiger partial charge in [0.05, 0.1) is 18.9 Å². The smallest absolute Gasteiger partial charge is 0.0693 e. The van der Waals surface area contributed by atoms with Gasteiger partial charge in [-0.15, -0.1) is 0 Å².